The minimum absolute atomic E-state index is 0.0541. The van der Waals surface area contributed by atoms with Crippen molar-refractivity contribution in [1.29, 1.82) is 0 Å². The molecule has 0 aromatic heterocycles. The number of aliphatic hydroxyl groups is 1. The zero-order valence-corrected chi connectivity index (χ0v) is 14.4. The van der Waals surface area contributed by atoms with Crippen LogP contribution in [0.25, 0.3) is 0 Å². The predicted octanol–water partition coefficient (Wildman–Crippen LogP) is 3.75. The van der Waals surface area contributed by atoms with Crippen LogP contribution in [0.4, 0.5) is 5.69 Å². The summed E-state index contributed by atoms with van der Waals surface area (Å²) in [5, 5.41) is 15.2. The molecule has 0 aliphatic heterocycles. The summed E-state index contributed by atoms with van der Waals surface area (Å²) >= 11 is 0. The van der Waals surface area contributed by atoms with Crippen LogP contribution in [0.2, 0.25) is 0 Å². The molecule has 3 N–H and O–H groups in total. The van der Waals surface area contributed by atoms with E-state index >= 15 is 0 Å². The monoisotopic (exact) mass is 338 g/mol. The number of hydrogen-bond donors (Lipinski definition) is 3. The lowest BCUT2D eigenvalue weighted by Gasteiger charge is -2.26. The van der Waals surface area contributed by atoms with Crippen LogP contribution >= 0.6 is 0 Å². The first-order chi connectivity index (χ1) is 12.3. The van der Waals surface area contributed by atoms with Crippen LogP contribution in [0.5, 0.6) is 0 Å². The smallest absolute Gasteiger partial charge is 0.251 e. The molecule has 0 bridgehead atoms. The Bertz CT molecular complexity index is 681. The molecule has 1 fully saturated rings. The molecular weight excluding hydrogens is 312 g/mol. The molecule has 1 aliphatic rings. The third-order valence-electron chi connectivity index (χ3n) is 4.87. The first kappa shape index (κ1) is 17.5. The minimum Gasteiger partial charge on any atom is -0.395 e. The number of aliphatic hydroxyl groups excluding tert-OH is 1. The molecule has 4 nitrogen and oxygen atoms in total. The van der Waals surface area contributed by atoms with E-state index in [9.17, 15) is 4.79 Å². The maximum atomic E-state index is 12.1. The molecule has 1 atom stereocenters. The van der Waals surface area contributed by atoms with Crippen LogP contribution in [0.1, 0.15) is 47.6 Å². The van der Waals surface area contributed by atoms with Crippen molar-refractivity contribution in [3.63, 3.8) is 0 Å². The first-order valence-electron chi connectivity index (χ1n) is 9.08. The summed E-state index contributed by atoms with van der Waals surface area (Å²) in [6, 6.07) is 18.4. The van der Waals surface area contributed by atoms with Gasteiger partial charge in [-0.05, 0) is 42.5 Å². The number of carbonyl (C=O) groups excluding carboxylic acids is 1. The molecule has 1 amide bonds. The van der Waals surface area contributed by atoms with E-state index in [4.69, 9.17) is 5.11 Å². The van der Waals surface area contributed by atoms with Gasteiger partial charge in [0.1, 0.15) is 0 Å². The summed E-state index contributed by atoms with van der Waals surface area (Å²) in [4.78, 5) is 12.1. The molecule has 2 aromatic carbocycles. The highest BCUT2D eigenvalue weighted by molar-refractivity contribution is 5.95. The summed E-state index contributed by atoms with van der Waals surface area (Å²) in [5.41, 5.74) is 2.86. The van der Waals surface area contributed by atoms with Crippen molar-refractivity contribution in [2.24, 2.45) is 5.92 Å². The lowest BCUT2D eigenvalue weighted by Crippen LogP contribution is -2.26. The lowest BCUT2D eigenvalue weighted by atomic mass is 9.91. The fourth-order valence-corrected chi connectivity index (χ4v) is 3.63. The highest BCUT2D eigenvalue weighted by Gasteiger charge is 2.26. The summed E-state index contributed by atoms with van der Waals surface area (Å²) in [6.07, 6.45) is 5.06. The average Bonchev–Trinajstić information content (AvgIpc) is 3.19. The Morgan fingerprint density at radius 1 is 1.08 bits per heavy atom. The van der Waals surface area contributed by atoms with Gasteiger partial charge in [-0.1, -0.05) is 49.2 Å². The third-order valence-corrected chi connectivity index (χ3v) is 4.87. The van der Waals surface area contributed by atoms with Gasteiger partial charge in [0, 0.05) is 17.8 Å². The molecule has 25 heavy (non-hydrogen) atoms. The predicted molar refractivity (Wildman–Crippen MR) is 101 cm³/mol. The van der Waals surface area contributed by atoms with Gasteiger partial charge in [0.15, 0.2) is 0 Å². The molecular formula is C21H26N2O2. The lowest BCUT2D eigenvalue weighted by molar-refractivity contribution is 0.0945. The molecule has 0 radical (unpaired) electrons. The summed E-state index contributed by atoms with van der Waals surface area (Å²) in [6.45, 7) is 0.215. The number of benzene rings is 2. The van der Waals surface area contributed by atoms with Crippen LogP contribution in [0, 0.1) is 5.92 Å². The Hall–Kier alpha value is -2.33. The zero-order chi connectivity index (χ0) is 17.5. The number of rotatable bonds is 7. The van der Waals surface area contributed by atoms with Gasteiger partial charge in [0.05, 0.1) is 12.6 Å². The largest absolute Gasteiger partial charge is 0.395 e. The van der Waals surface area contributed by atoms with Gasteiger partial charge in [-0.15, -0.1) is 0 Å². The van der Waals surface area contributed by atoms with Gasteiger partial charge in [0.2, 0.25) is 0 Å². The highest BCUT2D eigenvalue weighted by Crippen LogP contribution is 2.37. The van der Waals surface area contributed by atoms with Gasteiger partial charge in [-0.2, -0.15) is 0 Å². The fourth-order valence-electron chi connectivity index (χ4n) is 3.63. The number of anilines is 1. The van der Waals surface area contributed by atoms with E-state index in [0.717, 1.165) is 5.69 Å². The van der Waals surface area contributed by atoms with Crippen LogP contribution in [0.15, 0.2) is 54.6 Å². The average molecular weight is 338 g/mol. The molecule has 1 unspecified atom stereocenters. The number of carbonyl (C=O) groups is 1. The van der Waals surface area contributed by atoms with Crippen molar-refractivity contribution in [3.05, 3.63) is 65.7 Å². The van der Waals surface area contributed by atoms with Crippen LogP contribution in [-0.2, 0) is 0 Å². The second-order valence-electron chi connectivity index (χ2n) is 6.64. The molecule has 132 valence electrons. The molecule has 1 aliphatic carbocycles. The Balaban J connectivity index is 1.78. The minimum atomic E-state index is -0.158. The maximum Gasteiger partial charge on any atom is 0.251 e. The molecule has 0 heterocycles. The van der Waals surface area contributed by atoms with Crippen LogP contribution in [-0.4, -0.2) is 24.2 Å². The Kier molecular flexibility index (Phi) is 6.07. The molecule has 0 saturated heterocycles. The van der Waals surface area contributed by atoms with Crippen molar-refractivity contribution >= 4 is 11.6 Å². The topological polar surface area (TPSA) is 61.4 Å². The third kappa shape index (κ3) is 4.60. The molecule has 2 aromatic rings. The summed E-state index contributed by atoms with van der Waals surface area (Å²) in [5.74, 6) is 0.462. The highest BCUT2D eigenvalue weighted by atomic mass is 16.3. The Morgan fingerprint density at radius 3 is 2.56 bits per heavy atom. The van der Waals surface area contributed by atoms with E-state index in [0.29, 0.717) is 11.5 Å². The van der Waals surface area contributed by atoms with E-state index in [1.165, 1.54) is 31.2 Å². The van der Waals surface area contributed by atoms with Crippen molar-refractivity contribution in [1.82, 2.24) is 5.32 Å². The first-order valence-corrected chi connectivity index (χ1v) is 9.08. The molecule has 0 spiro atoms. The van der Waals surface area contributed by atoms with Crippen molar-refractivity contribution in [2.75, 3.05) is 18.5 Å². The van der Waals surface area contributed by atoms with Crippen LogP contribution in [0.3, 0.4) is 0 Å². The second-order valence-corrected chi connectivity index (χ2v) is 6.64. The van der Waals surface area contributed by atoms with E-state index < -0.39 is 0 Å². The van der Waals surface area contributed by atoms with Crippen LogP contribution < -0.4 is 10.6 Å². The molecule has 3 rings (SSSR count). The van der Waals surface area contributed by atoms with Crippen molar-refractivity contribution < 1.29 is 9.90 Å². The molecule has 1 saturated carbocycles. The maximum absolute atomic E-state index is 12.1. The number of hydrogen-bond acceptors (Lipinski definition) is 3. The van der Waals surface area contributed by atoms with Gasteiger partial charge < -0.3 is 15.7 Å². The quantitative estimate of drug-likeness (QED) is 0.720. The molecule has 4 heteroatoms. The van der Waals surface area contributed by atoms with Crippen molar-refractivity contribution in [3.8, 4) is 0 Å². The van der Waals surface area contributed by atoms with E-state index in [1.54, 1.807) is 6.07 Å². The van der Waals surface area contributed by atoms with Gasteiger partial charge >= 0.3 is 0 Å². The van der Waals surface area contributed by atoms with Gasteiger partial charge in [-0.25, -0.2) is 0 Å². The Morgan fingerprint density at radius 2 is 1.84 bits per heavy atom. The second kappa shape index (κ2) is 8.67. The van der Waals surface area contributed by atoms with E-state index in [1.807, 2.05) is 24.3 Å². The standard InChI is InChI=1S/C21H26N2O2/c24-14-13-22-21(25)18-11-6-12-19(15-18)23-20(17-9-4-5-10-17)16-7-2-1-3-8-16/h1-3,6-8,11-12,15,17,20,23-24H,4-5,9-10,13-14H2,(H,22,25). The Labute approximate surface area is 149 Å². The van der Waals surface area contributed by atoms with Crippen molar-refractivity contribution in [2.45, 2.75) is 31.7 Å². The normalized spacial score (nSPS) is 15.7. The van der Waals surface area contributed by atoms with Gasteiger partial charge in [-0.3, -0.25) is 4.79 Å². The fraction of sp³-hybridized carbons (Fsp3) is 0.381. The van der Waals surface area contributed by atoms with E-state index in [-0.39, 0.29) is 25.1 Å². The summed E-state index contributed by atoms with van der Waals surface area (Å²) < 4.78 is 0. The number of nitrogens with one attached hydrogen (secondary N) is 2. The van der Waals surface area contributed by atoms with E-state index in [2.05, 4.69) is 34.9 Å². The van der Waals surface area contributed by atoms with Gasteiger partial charge in [0.25, 0.3) is 5.91 Å². The summed E-state index contributed by atoms with van der Waals surface area (Å²) in [7, 11) is 0. The number of amides is 1. The zero-order valence-electron chi connectivity index (χ0n) is 14.4. The SMILES string of the molecule is O=C(NCCO)c1cccc(NC(c2ccccc2)C2CCCC2)c1.